The molecule has 2 aromatic carbocycles. The van der Waals surface area contributed by atoms with Crippen LogP contribution in [0.3, 0.4) is 0 Å². The molecule has 1 saturated heterocycles. The molecule has 0 aromatic heterocycles. The van der Waals surface area contributed by atoms with Crippen LogP contribution in [0.5, 0.6) is 0 Å². The number of nitrogens with zero attached hydrogens (tertiary/aromatic N) is 3. The van der Waals surface area contributed by atoms with Gasteiger partial charge in [-0.1, -0.05) is 41.6 Å². The number of thioether (sulfide) groups is 1. The van der Waals surface area contributed by atoms with Crippen LogP contribution in [0.1, 0.15) is 5.56 Å². The molecule has 1 fully saturated rings. The molecule has 0 radical (unpaired) electrons. The minimum Gasteiger partial charge on any atom is -0.365 e. The Balaban J connectivity index is 2.06. The Bertz CT molecular complexity index is 1080. The lowest BCUT2D eigenvalue weighted by atomic mass is 10.1. The predicted octanol–water partition coefficient (Wildman–Crippen LogP) is 3.16. The predicted molar refractivity (Wildman–Crippen MR) is 109 cm³/mol. The number of nitro benzene ring substituents is 1. The summed E-state index contributed by atoms with van der Waals surface area (Å²) in [6, 6.07) is 14.1. The molecule has 10 heteroatoms. The SMILES string of the molecule is N#C/C(C(N)=O)=C1/S[C@H](Cc2ccccc2[N+](=O)[O-])C(=O)N1c1ccc(Cl)cc1. The van der Waals surface area contributed by atoms with Crippen LogP contribution in [0.25, 0.3) is 0 Å². The topological polar surface area (TPSA) is 130 Å². The van der Waals surface area contributed by atoms with Crippen LogP contribution in [-0.2, 0) is 16.0 Å². The van der Waals surface area contributed by atoms with E-state index in [9.17, 15) is 25.0 Å². The van der Waals surface area contributed by atoms with E-state index >= 15 is 0 Å². The zero-order valence-corrected chi connectivity index (χ0v) is 16.3. The first-order valence-electron chi connectivity index (χ1n) is 8.26. The maximum absolute atomic E-state index is 13.1. The normalized spacial score (nSPS) is 17.7. The fourth-order valence-electron chi connectivity index (χ4n) is 2.89. The highest BCUT2D eigenvalue weighted by molar-refractivity contribution is 8.05. The lowest BCUT2D eigenvalue weighted by Crippen LogP contribution is -2.31. The van der Waals surface area contributed by atoms with E-state index in [0.717, 1.165) is 11.8 Å². The van der Waals surface area contributed by atoms with Crippen molar-refractivity contribution in [3.05, 3.63) is 79.8 Å². The van der Waals surface area contributed by atoms with Gasteiger partial charge < -0.3 is 5.73 Å². The minimum atomic E-state index is -0.965. The van der Waals surface area contributed by atoms with Crippen molar-refractivity contribution >= 4 is 46.6 Å². The third kappa shape index (κ3) is 4.08. The van der Waals surface area contributed by atoms with Gasteiger partial charge in [0.15, 0.2) is 0 Å². The Hall–Kier alpha value is -3.35. The molecule has 0 aliphatic carbocycles. The average molecular weight is 429 g/mol. The molecule has 2 N–H and O–H groups in total. The Morgan fingerprint density at radius 1 is 1.28 bits per heavy atom. The van der Waals surface area contributed by atoms with Gasteiger partial charge in [-0.05, 0) is 24.3 Å². The van der Waals surface area contributed by atoms with Gasteiger partial charge in [0.05, 0.1) is 10.2 Å². The van der Waals surface area contributed by atoms with E-state index in [1.165, 1.54) is 17.0 Å². The molecule has 1 aliphatic heterocycles. The van der Waals surface area contributed by atoms with E-state index in [2.05, 4.69) is 0 Å². The monoisotopic (exact) mass is 428 g/mol. The number of carbonyl (C=O) groups is 2. The second kappa shape index (κ2) is 8.34. The molecular weight excluding hydrogens is 416 g/mol. The summed E-state index contributed by atoms with van der Waals surface area (Å²) in [5.74, 6) is -1.38. The summed E-state index contributed by atoms with van der Waals surface area (Å²) in [4.78, 5) is 36.9. The van der Waals surface area contributed by atoms with Crippen LogP contribution in [0.2, 0.25) is 5.02 Å². The maximum atomic E-state index is 13.1. The van der Waals surface area contributed by atoms with Crippen LogP contribution in [0, 0.1) is 21.4 Å². The highest BCUT2D eigenvalue weighted by Gasteiger charge is 2.41. The molecule has 8 nitrogen and oxygen atoms in total. The number of halogens is 1. The largest absolute Gasteiger partial charge is 0.365 e. The minimum absolute atomic E-state index is 0.0473. The molecule has 29 heavy (non-hydrogen) atoms. The van der Waals surface area contributed by atoms with Gasteiger partial charge in [-0.2, -0.15) is 5.26 Å². The molecule has 1 heterocycles. The lowest BCUT2D eigenvalue weighted by Gasteiger charge is -2.18. The van der Waals surface area contributed by atoms with Gasteiger partial charge >= 0.3 is 0 Å². The van der Waals surface area contributed by atoms with Gasteiger partial charge in [-0.25, -0.2) is 0 Å². The summed E-state index contributed by atoms with van der Waals surface area (Å²) in [5.41, 5.74) is 5.63. The Labute approximate surface area is 174 Å². The number of anilines is 1. The first kappa shape index (κ1) is 20.4. The Morgan fingerprint density at radius 2 is 1.93 bits per heavy atom. The van der Waals surface area contributed by atoms with Gasteiger partial charge in [-0.15, -0.1) is 0 Å². The number of rotatable bonds is 5. The average Bonchev–Trinajstić information content (AvgIpc) is 2.99. The molecule has 1 atom stereocenters. The molecule has 1 aliphatic rings. The molecule has 0 saturated carbocycles. The van der Waals surface area contributed by atoms with Gasteiger partial charge in [0.1, 0.15) is 16.7 Å². The number of nitriles is 1. The summed E-state index contributed by atoms with van der Waals surface area (Å²) in [6.45, 7) is 0. The number of nitrogens with two attached hydrogens (primary N) is 1. The van der Waals surface area contributed by atoms with Crippen molar-refractivity contribution in [3.63, 3.8) is 0 Å². The van der Waals surface area contributed by atoms with E-state index in [1.54, 1.807) is 42.5 Å². The van der Waals surface area contributed by atoms with Gasteiger partial charge in [0, 0.05) is 28.8 Å². The van der Waals surface area contributed by atoms with Crippen molar-refractivity contribution in [2.75, 3.05) is 4.90 Å². The van der Waals surface area contributed by atoms with E-state index < -0.39 is 22.0 Å². The van der Waals surface area contributed by atoms with Crippen LogP contribution in [-0.4, -0.2) is 22.0 Å². The second-order valence-electron chi connectivity index (χ2n) is 6.00. The number of primary amides is 1. The summed E-state index contributed by atoms with van der Waals surface area (Å²) >= 11 is 6.88. The quantitative estimate of drug-likeness (QED) is 0.337. The summed E-state index contributed by atoms with van der Waals surface area (Å²) in [6.07, 6.45) is 0.0473. The molecule has 2 aromatic rings. The van der Waals surface area contributed by atoms with E-state index in [4.69, 9.17) is 17.3 Å². The smallest absolute Gasteiger partial charge is 0.272 e. The number of benzene rings is 2. The highest BCUT2D eigenvalue weighted by atomic mass is 35.5. The van der Waals surface area contributed by atoms with Crippen molar-refractivity contribution in [1.29, 1.82) is 5.26 Å². The van der Waals surface area contributed by atoms with Crippen LogP contribution in [0.4, 0.5) is 11.4 Å². The standard InChI is InChI=1S/C19H13ClN4O4S/c20-12-5-7-13(8-6-12)23-18(26)16(29-19(23)14(10-21)17(22)25)9-11-3-1-2-4-15(11)24(27)28/h1-8,16H,9H2,(H2,22,25)/b19-14-/t16-/m1/s1. The second-order valence-corrected chi connectivity index (χ2v) is 7.63. The summed E-state index contributed by atoms with van der Waals surface area (Å²) in [7, 11) is 0. The zero-order chi connectivity index (χ0) is 21.1. The molecule has 2 amide bonds. The zero-order valence-electron chi connectivity index (χ0n) is 14.7. The lowest BCUT2D eigenvalue weighted by molar-refractivity contribution is -0.385. The third-order valence-electron chi connectivity index (χ3n) is 4.20. The van der Waals surface area contributed by atoms with Crippen LogP contribution < -0.4 is 10.6 Å². The first-order chi connectivity index (χ1) is 13.8. The summed E-state index contributed by atoms with van der Waals surface area (Å²) in [5, 5.41) is 20.4. The van der Waals surface area contributed by atoms with Crippen molar-refractivity contribution in [1.82, 2.24) is 0 Å². The molecule has 3 rings (SSSR count). The molecule has 0 bridgehead atoms. The number of nitro groups is 1. The summed E-state index contributed by atoms with van der Waals surface area (Å²) < 4.78 is 0. The van der Waals surface area contributed by atoms with Gasteiger partial charge in [0.25, 0.3) is 11.6 Å². The molecular formula is C19H13ClN4O4S. The fraction of sp³-hybridized carbons (Fsp3) is 0.105. The molecule has 0 spiro atoms. The Kier molecular flexibility index (Phi) is 5.87. The van der Waals surface area contributed by atoms with Gasteiger partial charge in [-0.3, -0.25) is 24.6 Å². The third-order valence-corrected chi connectivity index (χ3v) is 5.72. The Morgan fingerprint density at radius 3 is 2.52 bits per heavy atom. The number of hydrogen-bond donors (Lipinski definition) is 1. The van der Waals surface area contributed by atoms with E-state index in [0.29, 0.717) is 16.3 Å². The number of amides is 2. The van der Waals surface area contributed by atoms with Crippen molar-refractivity contribution in [3.8, 4) is 6.07 Å². The van der Waals surface area contributed by atoms with Gasteiger partial charge in [0.2, 0.25) is 5.91 Å². The van der Waals surface area contributed by atoms with E-state index in [-0.39, 0.29) is 22.7 Å². The number of para-hydroxylation sites is 1. The highest BCUT2D eigenvalue weighted by Crippen LogP contribution is 2.42. The molecule has 146 valence electrons. The van der Waals surface area contributed by atoms with Crippen molar-refractivity contribution in [2.45, 2.75) is 11.7 Å². The fourth-order valence-corrected chi connectivity index (χ4v) is 4.32. The van der Waals surface area contributed by atoms with Crippen LogP contribution in [0.15, 0.2) is 59.1 Å². The van der Waals surface area contributed by atoms with Crippen LogP contribution >= 0.6 is 23.4 Å². The van der Waals surface area contributed by atoms with Crippen molar-refractivity contribution in [2.24, 2.45) is 5.73 Å². The van der Waals surface area contributed by atoms with E-state index in [1.807, 2.05) is 0 Å². The number of hydrogen-bond acceptors (Lipinski definition) is 6. The first-order valence-corrected chi connectivity index (χ1v) is 9.52. The molecule has 0 unspecified atom stereocenters. The maximum Gasteiger partial charge on any atom is 0.272 e. The number of carbonyl (C=O) groups excluding carboxylic acids is 2. The van der Waals surface area contributed by atoms with Crippen molar-refractivity contribution < 1.29 is 14.5 Å².